The highest BCUT2D eigenvalue weighted by molar-refractivity contribution is 6.05. The quantitative estimate of drug-likeness (QED) is 0.418. The van der Waals surface area contributed by atoms with E-state index in [0.717, 1.165) is 13.1 Å². The Morgan fingerprint density at radius 2 is 2.31 bits per heavy atom. The largest absolute Gasteiger partial charge is 0.468 e. The van der Waals surface area contributed by atoms with Crippen molar-refractivity contribution in [1.82, 2.24) is 4.90 Å². The summed E-state index contributed by atoms with van der Waals surface area (Å²) in [7, 11) is 1.35. The van der Waals surface area contributed by atoms with Gasteiger partial charge in [-0.25, -0.2) is 0 Å². The molecule has 13 heavy (non-hydrogen) atoms. The number of ether oxygens (including phenoxy) is 1. The topological polar surface area (TPSA) is 46.6 Å². The molecule has 0 radical (unpaired) electrons. The molecule has 4 nitrogen and oxygen atoms in total. The van der Waals surface area contributed by atoms with E-state index >= 15 is 0 Å². The van der Waals surface area contributed by atoms with Crippen LogP contribution >= 0.6 is 0 Å². The van der Waals surface area contributed by atoms with Crippen LogP contribution in [0.1, 0.15) is 12.8 Å². The average molecular weight is 183 g/mol. The lowest BCUT2D eigenvalue weighted by Gasteiger charge is -2.29. The van der Waals surface area contributed by atoms with Crippen LogP contribution in [0.25, 0.3) is 0 Å². The van der Waals surface area contributed by atoms with Crippen molar-refractivity contribution in [2.75, 3.05) is 26.7 Å². The molecule has 2 fully saturated rings. The Labute approximate surface area is 76.8 Å². The van der Waals surface area contributed by atoms with E-state index in [4.69, 9.17) is 4.74 Å². The predicted octanol–water partition coefficient (Wildman–Crippen LogP) is -0.176. The highest BCUT2D eigenvalue weighted by atomic mass is 16.5. The third-order valence-electron chi connectivity index (χ3n) is 3.11. The van der Waals surface area contributed by atoms with Crippen molar-refractivity contribution in [3.8, 4) is 0 Å². The Kier molecular flexibility index (Phi) is 1.87. The Morgan fingerprint density at radius 3 is 3.00 bits per heavy atom. The van der Waals surface area contributed by atoms with Crippen molar-refractivity contribution in [2.24, 2.45) is 5.41 Å². The minimum absolute atomic E-state index is 0.0631. The molecule has 2 heterocycles. The Balaban J connectivity index is 2.28. The summed E-state index contributed by atoms with van der Waals surface area (Å²) in [6, 6.07) is 0. The second kappa shape index (κ2) is 2.80. The molecule has 2 aliphatic rings. The molecule has 0 aromatic carbocycles. The molecule has 4 heteroatoms. The van der Waals surface area contributed by atoms with Crippen LogP contribution in [0.3, 0.4) is 0 Å². The highest BCUT2D eigenvalue weighted by Gasteiger charge is 2.53. The maximum absolute atomic E-state index is 11.6. The first-order chi connectivity index (χ1) is 6.19. The second-order valence-electron chi connectivity index (χ2n) is 3.77. The number of fused-ring (bicyclic) bond motifs is 2. The van der Waals surface area contributed by atoms with Crippen molar-refractivity contribution in [1.29, 1.82) is 0 Å². The van der Waals surface area contributed by atoms with Gasteiger partial charge in [0.25, 0.3) is 0 Å². The monoisotopic (exact) mass is 183 g/mol. The molecule has 0 amide bonds. The first kappa shape index (κ1) is 8.69. The summed E-state index contributed by atoms with van der Waals surface area (Å²) in [5.41, 5.74) is -0.812. The third kappa shape index (κ3) is 1.09. The van der Waals surface area contributed by atoms with Crippen LogP contribution in [0.15, 0.2) is 0 Å². The van der Waals surface area contributed by atoms with Crippen LogP contribution in [0, 0.1) is 5.41 Å². The van der Waals surface area contributed by atoms with Crippen molar-refractivity contribution < 1.29 is 14.3 Å². The number of hydrogen-bond acceptors (Lipinski definition) is 4. The zero-order valence-electron chi connectivity index (χ0n) is 7.71. The number of hydrogen-bond donors (Lipinski definition) is 0. The van der Waals surface area contributed by atoms with Crippen LogP contribution in [-0.4, -0.2) is 43.4 Å². The van der Waals surface area contributed by atoms with Crippen LogP contribution in [0.5, 0.6) is 0 Å². The van der Waals surface area contributed by atoms with Crippen molar-refractivity contribution in [3.63, 3.8) is 0 Å². The molecule has 2 unspecified atom stereocenters. The smallest absolute Gasteiger partial charge is 0.320 e. The van der Waals surface area contributed by atoms with E-state index in [9.17, 15) is 9.59 Å². The van der Waals surface area contributed by atoms with Crippen LogP contribution < -0.4 is 0 Å². The summed E-state index contributed by atoms with van der Waals surface area (Å²) in [6.07, 6.45) is 1.13. The number of esters is 1. The molecule has 2 bridgehead atoms. The van der Waals surface area contributed by atoms with Gasteiger partial charge in [-0.3, -0.25) is 9.59 Å². The molecule has 0 spiro atoms. The van der Waals surface area contributed by atoms with Gasteiger partial charge in [-0.05, 0) is 13.0 Å². The Bertz CT molecular complexity index is 254. The zero-order valence-corrected chi connectivity index (χ0v) is 7.71. The van der Waals surface area contributed by atoms with E-state index in [2.05, 4.69) is 4.90 Å². The molecular weight excluding hydrogens is 170 g/mol. The first-order valence-corrected chi connectivity index (χ1v) is 4.53. The van der Waals surface area contributed by atoms with E-state index in [1.165, 1.54) is 7.11 Å². The minimum atomic E-state index is -0.812. The first-order valence-electron chi connectivity index (χ1n) is 4.53. The van der Waals surface area contributed by atoms with Crippen LogP contribution in [0.2, 0.25) is 0 Å². The lowest BCUT2D eigenvalue weighted by atomic mass is 9.80. The Morgan fingerprint density at radius 1 is 1.54 bits per heavy atom. The molecule has 0 aromatic heterocycles. The number of piperidine rings is 1. The fourth-order valence-corrected chi connectivity index (χ4v) is 2.28. The average Bonchev–Trinajstić information content (AvgIpc) is 2.52. The van der Waals surface area contributed by atoms with Gasteiger partial charge in [0.15, 0.2) is 5.78 Å². The van der Waals surface area contributed by atoms with Gasteiger partial charge in [0.05, 0.1) is 7.11 Å². The lowest BCUT2D eigenvalue weighted by Crippen LogP contribution is -2.47. The van der Waals surface area contributed by atoms with Gasteiger partial charge < -0.3 is 9.64 Å². The van der Waals surface area contributed by atoms with E-state index in [1.807, 2.05) is 0 Å². The summed E-state index contributed by atoms with van der Waals surface area (Å²) in [5, 5.41) is 0. The SMILES string of the molecule is COC(=O)C12CCN(CCC1=O)C2. The van der Waals surface area contributed by atoms with Gasteiger partial charge in [-0.15, -0.1) is 0 Å². The molecular formula is C9H13NO3. The number of Topliss-reactive ketones (excluding diaryl/α,β-unsaturated/α-hetero) is 1. The molecule has 72 valence electrons. The van der Waals surface area contributed by atoms with Gasteiger partial charge in [-0.2, -0.15) is 0 Å². The van der Waals surface area contributed by atoms with E-state index in [1.54, 1.807) is 0 Å². The molecule has 0 saturated carbocycles. The predicted molar refractivity (Wildman–Crippen MR) is 45.1 cm³/mol. The number of nitrogens with zero attached hydrogens (tertiary/aromatic N) is 1. The van der Waals surface area contributed by atoms with Gasteiger partial charge in [0, 0.05) is 19.5 Å². The highest BCUT2D eigenvalue weighted by Crippen LogP contribution is 2.37. The van der Waals surface area contributed by atoms with Crippen LogP contribution in [-0.2, 0) is 14.3 Å². The maximum atomic E-state index is 11.6. The van der Waals surface area contributed by atoms with Gasteiger partial charge in [0.2, 0.25) is 0 Å². The van der Waals surface area contributed by atoms with Crippen LogP contribution in [0.4, 0.5) is 0 Å². The second-order valence-corrected chi connectivity index (χ2v) is 3.77. The number of rotatable bonds is 1. The minimum Gasteiger partial charge on any atom is -0.468 e. The molecule has 2 atom stereocenters. The van der Waals surface area contributed by atoms with Crippen molar-refractivity contribution in [2.45, 2.75) is 12.8 Å². The Hall–Kier alpha value is -0.900. The van der Waals surface area contributed by atoms with Crippen molar-refractivity contribution >= 4 is 11.8 Å². The molecule has 2 rings (SSSR count). The normalized spacial score (nSPS) is 37.6. The van der Waals surface area contributed by atoms with Gasteiger partial charge in [-0.1, -0.05) is 0 Å². The standard InChI is InChI=1S/C9H13NO3/c1-13-8(12)9-3-5-10(6-9)4-2-7(9)11/h2-6H2,1H3. The number of carbonyl (C=O) groups excluding carboxylic acids is 2. The number of methoxy groups -OCH3 is 1. The summed E-state index contributed by atoms with van der Waals surface area (Å²) in [4.78, 5) is 25.3. The summed E-state index contributed by atoms with van der Waals surface area (Å²) in [5.74, 6) is -0.284. The molecule has 2 aliphatic heterocycles. The fourth-order valence-electron chi connectivity index (χ4n) is 2.28. The van der Waals surface area contributed by atoms with Crippen molar-refractivity contribution in [3.05, 3.63) is 0 Å². The zero-order chi connectivity index (χ0) is 9.47. The number of carbonyl (C=O) groups is 2. The van der Waals surface area contributed by atoms with Gasteiger partial charge in [0.1, 0.15) is 5.41 Å². The lowest BCUT2D eigenvalue weighted by molar-refractivity contribution is -0.158. The third-order valence-corrected chi connectivity index (χ3v) is 3.11. The molecule has 0 aliphatic carbocycles. The molecule has 0 aromatic rings. The van der Waals surface area contributed by atoms with Gasteiger partial charge >= 0.3 is 5.97 Å². The summed E-state index contributed by atoms with van der Waals surface area (Å²) < 4.78 is 4.69. The maximum Gasteiger partial charge on any atom is 0.320 e. The van der Waals surface area contributed by atoms with E-state index in [-0.39, 0.29) is 11.8 Å². The fraction of sp³-hybridized carbons (Fsp3) is 0.778. The van der Waals surface area contributed by atoms with E-state index < -0.39 is 5.41 Å². The molecule has 0 N–H and O–H groups in total. The summed E-state index contributed by atoms with van der Waals surface area (Å²) in [6.45, 7) is 2.22. The summed E-state index contributed by atoms with van der Waals surface area (Å²) >= 11 is 0. The molecule has 2 saturated heterocycles. The number of ketones is 1. The van der Waals surface area contributed by atoms with E-state index in [0.29, 0.717) is 19.4 Å².